The van der Waals surface area contributed by atoms with Crippen molar-refractivity contribution in [2.75, 3.05) is 20.3 Å². The van der Waals surface area contributed by atoms with Crippen LogP contribution in [0.25, 0.3) is 0 Å². The highest BCUT2D eigenvalue weighted by Crippen LogP contribution is 2.36. The molecule has 0 aromatic carbocycles. The SMILES string of the molecule is COCC(C)N1CCCC(C)(C)C1C(=O)O. The van der Waals surface area contributed by atoms with Crippen molar-refractivity contribution in [3.63, 3.8) is 0 Å². The summed E-state index contributed by atoms with van der Waals surface area (Å²) in [6, 6.07) is -0.239. The zero-order chi connectivity index (χ0) is 12.3. The second kappa shape index (κ2) is 5.15. The summed E-state index contributed by atoms with van der Waals surface area (Å²) in [5.74, 6) is -0.715. The van der Waals surface area contributed by atoms with E-state index in [0.29, 0.717) is 6.61 Å². The van der Waals surface area contributed by atoms with Crippen LogP contribution in [0.1, 0.15) is 33.6 Å². The van der Waals surface area contributed by atoms with Gasteiger partial charge in [0, 0.05) is 13.2 Å². The van der Waals surface area contributed by atoms with Gasteiger partial charge in [0.25, 0.3) is 0 Å². The van der Waals surface area contributed by atoms with Crippen molar-refractivity contribution in [1.29, 1.82) is 0 Å². The minimum absolute atomic E-state index is 0.158. The fraction of sp³-hybridized carbons (Fsp3) is 0.917. The minimum atomic E-state index is -0.715. The Labute approximate surface area is 97.6 Å². The average molecular weight is 229 g/mol. The highest BCUT2D eigenvalue weighted by Gasteiger charge is 2.43. The van der Waals surface area contributed by atoms with E-state index in [0.717, 1.165) is 19.4 Å². The number of likely N-dealkylation sites (tertiary alicyclic amines) is 1. The number of hydrogen-bond acceptors (Lipinski definition) is 3. The van der Waals surface area contributed by atoms with Gasteiger partial charge in [-0.25, -0.2) is 0 Å². The van der Waals surface area contributed by atoms with Crippen LogP contribution in [-0.2, 0) is 9.53 Å². The normalized spacial score (nSPS) is 27.6. The molecular weight excluding hydrogens is 206 g/mol. The second-order valence-corrected chi connectivity index (χ2v) is 5.38. The number of carboxylic acids is 1. The summed E-state index contributed by atoms with van der Waals surface area (Å²) < 4.78 is 5.12. The summed E-state index contributed by atoms with van der Waals surface area (Å²) in [5.41, 5.74) is -0.161. The van der Waals surface area contributed by atoms with E-state index >= 15 is 0 Å². The Morgan fingerprint density at radius 3 is 2.75 bits per heavy atom. The summed E-state index contributed by atoms with van der Waals surface area (Å²) in [5, 5.41) is 9.38. The van der Waals surface area contributed by atoms with Gasteiger partial charge in [-0.3, -0.25) is 9.69 Å². The van der Waals surface area contributed by atoms with E-state index in [-0.39, 0.29) is 11.5 Å². The molecule has 0 amide bonds. The van der Waals surface area contributed by atoms with Crippen molar-refractivity contribution in [1.82, 2.24) is 4.90 Å². The smallest absolute Gasteiger partial charge is 0.321 e. The number of carbonyl (C=O) groups is 1. The van der Waals surface area contributed by atoms with E-state index in [1.165, 1.54) is 0 Å². The Kier molecular flexibility index (Phi) is 4.33. The van der Waals surface area contributed by atoms with E-state index in [2.05, 4.69) is 4.90 Å². The molecule has 0 aromatic rings. The van der Waals surface area contributed by atoms with Crippen molar-refractivity contribution < 1.29 is 14.6 Å². The van der Waals surface area contributed by atoms with Crippen molar-refractivity contribution >= 4 is 5.97 Å². The number of ether oxygens (including phenoxy) is 1. The van der Waals surface area contributed by atoms with E-state index < -0.39 is 12.0 Å². The molecule has 1 aliphatic rings. The predicted molar refractivity (Wildman–Crippen MR) is 62.5 cm³/mol. The molecule has 1 heterocycles. The number of aliphatic carboxylic acids is 1. The fourth-order valence-electron chi connectivity index (χ4n) is 2.72. The van der Waals surface area contributed by atoms with Crippen molar-refractivity contribution in [2.24, 2.45) is 5.41 Å². The number of methoxy groups -OCH3 is 1. The highest BCUT2D eigenvalue weighted by molar-refractivity contribution is 5.74. The van der Waals surface area contributed by atoms with Crippen LogP contribution in [0.2, 0.25) is 0 Å². The van der Waals surface area contributed by atoms with Gasteiger partial charge in [0.1, 0.15) is 6.04 Å². The predicted octanol–water partition coefficient (Wildman–Crippen LogP) is 1.60. The fourth-order valence-corrected chi connectivity index (χ4v) is 2.72. The number of hydrogen-bond donors (Lipinski definition) is 1. The Morgan fingerprint density at radius 1 is 1.62 bits per heavy atom. The van der Waals surface area contributed by atoms with E-state index in [1.807, 2.05) is 20.8 Å². The number of carboxylic acid groups (broad SMARTS) is 1. The number of rotatable bonds is 4. The third-order valence-electron chi connectivity index (χ3n) is 3.52. The quantitative estimate of drug-likeness (QED) is 0.795. The molecule has 94 valence electrons. The van der Waals surface area contributed by atoms with Gasteiger partial charge >= 0.3 is 5.97 Å². The first kappa shape index (κ1) is 13.5. The first-order valence-corrected chi connectivity index (χ1v) is 5.87. The van der Waals surface area contributed by atoms with Gasteiger partial charge in [0.05, 0.1) is 6.61 Å². The topological polar surface area (TPSA) is 49.8 Å². The van der Waals surface area contributed by atoms with Crippen molar-refractivity contribution in [3.05, 3.63) is 0 Å². The lowest BCUT2D eigenvalue weighted by molar-refractivity contribution is -0.153. The van der Waals surface area contributed by atoms with E-state index in [9.17, 15) is 9.90 Å². The molecule has 0 bridgehead atoms. The van der Waals surface area contributed by atoms with Crippen LogP contribution in [-0.4, -0.2) is 48.3 Å². The molecule has 0 saturated carbocycles. The molecule has 2 unspecified atom stereocenters. The van der Waals surface area contributed by atoms with E-state index in [4.69, 9.17) is 4.74 Å². The molecule has 0 aliphatic carbocycles. The molecule has 4 heteroatoms. The molecule has 0 radical (unpaired) electrons. The van der Waals surface area contributed by atoms with Crippen LogP contribution < -0.4 is 0 Å². The lowest BCUT2D eigenvalue weighted by atomic mass is 9.76. The van der Waals surface area contributed by atoms with Crippen LogP contribution in [0.4, 0.5) is 0 Å². The van der Waals surface area contributed by atoms with Crippen LogP contribution in [0.3, 0.4) is 0 Å². The minimum Gasteiger partial charge on any atom is -0.480 e. The molecule has 1 rings (SSSR count). The third kappa shape index (κ3) is 2.74. The van der Waals surface area contributed by atoms with Crippen molar-refractivity contribution in [3.8, 4) is 0 Å². The van der Waals surface area contributed by atoms with Gasteiger partial charge < -0.3 is 9.84 Å². The van der Waals surface area contributed by atoms with Gasteiger partial charge in [0.15, 0.2) is 0 Å². The van der Waals surface area contributed by atoms with Crippen molar-refractivity contribution in [2.45, 2.75) is 45.7 Å². The first-order chi connectivity index (χ1) is 7.40. The zero-order valence-electron chi connectivity index (χ0n) is 10.7. The first-order valence-electron chi connectivity index (χ1n) is 5.87. The van der Waals surface area contributed by atoms with E-state index in [1.54, 1.807) is 7.11 Å². The van der Waals surface area contributed by atoms with Gasteiger partial charge in [-0.15, -0.1) is 0 Å². The number of piperidine rings is 1. The summed E-state index contributed by atoms with van der Waals surface area (Å²) in [6.07, 6.45) is 2.03. The van der Waals surface area contributed by atoms with Crippen LogP contribution in [0, 0.1) is 5.41 Å². The summed E-state index contributed by atoms with van der Waals surface area (Å²) in [4.78, 5) is 13.5. The maximum atomic E-state index is 11.4. The summed E-state index contributed by atoms with van der Waals surface area (Å²) in [6.45, 7) is 7.54. The monoisotopic (exact) mass is 229 g/mol. The molecule has 1 N–H and O–H groups in total. The van der Waals surface area contributed by atoms with Crippen LogP contribution in [0.15, 0.2) is 0 Å². The molecule has 16 heavy (non-hydrogen) atoms. The molecule has 1 aliphatic heterocycles. The molecule has 2 atom stereocenters. The second-order valence-electron chi connectivity index (χ2n) is 5.38. The standard InChI is InChI=1S/C12H23NO3/c1-9(8-16-4)13-7-5-6-12(2,3)10(13)11(14)15/h9-10H,5-8H2,1-4H3,(H,14,15). The molecule has 0 aromatic heterocycles. The Balaban J connectivity index is 2.84. The molecule has 1 saturated heterocycles. The summed E-state index contributed by atoms with van der Waals surface area (Å²) >= 11 is 0. The maximum absolute atomic E-state index is 11.4. The average Bonchev–Trinajstić information content (AvgIpc) is 2.15. The molecule has 1 fully saturated rings. The maximum Gasteiger partial charge on any atom is 0.321 e. The Morgan fingerprint density at radius 2 is 2.25 bits per heavy atom. The zero-order valence-corrected chi connectivity index (χ0v) is 10.7. The molecule has 0 spiro atoms. The van der Waals surface area contributed by atoms with Gasteiger partial charge in [0.2, 0.25) is 0 Å². The van der Waals surface area contributed by atoms with Crippen LogP contribution >= 0.6 is 0 Å². The Bertz CT molecular complexity index is 253. The highest BCUT2D eigenvalue weighted by atomic mass is 16.5. The molecule has 4 nitrogen and oxygen atoms in total. The van der Waals surface area contributed by atoms with Crippen LogP contribution in [0.5, 0.6) is 0 Å². The summed E-state index contributed by atoms with van der Waals surface area (Å²) in [7, 11) is 1.65. The number of nitrogens with zero attached hydrogens (tertiary/aromatic N) is 1. The molecular formula is C12H23NO3. The lowest BCUT2D eigenvalue weighted by Gasteiger charge is -2.46. The largest absolute Gasteiger partial charge is 0.480 e. The van der Waals surface area contributed by atoms with Gasteiger partial charge in [-0.2, -0.15) is 0 Å². The van der Waals surface area contributed by atoms with Gasteiger partial charge in [-0.1, -0.05) is 13.8 Å². The lowest BCUT2D eigenvalue weighted by Crippen LogP contribution is -2.57. The Hall–Kier alpha value is -0.610. The third-order valence-corrected chi connectivity index (χ3v) is 3.52. The van der Waals surface area contributed by atoms with Gasteiger partial charge in [-0.05, 0) is 31.7 Å².